The molecular formula is C9H9ClINO5S. The van der Waals surface area contributed by atoms with Crippen molar-refractivity contribution in [3.63, 3.8) is 0 Å². The molecule has 0 bridgehead atoms. The van der Waals surface area contributed by atoms with Gasteiger partial charge in [-0.15, -0.1) is 0 Å². The van der Waals surface area contributed by atoms with Crippen LogP contribution in [0.4, 0.5) is 5.69 Å². The van der Waals surface area contributed by atoms with Gasteiger partial charge in [0.15, 0.2) is 9.84 Å². The first-order chi connectivity index (χ1) is 8.07. The van der Waals surface area contributed by atoms with Gasteiger partial charge in [0, 0.05) is 18.4 Å². The lowest BCUT2D eigenvalue weighted by Gasteiger charge is -2.24. The van der Waals surface area contributed by atoms with Crippen LogP contribution in [-0.4, -0.2) is 26.9 Å². The first-order valence-electron chi connectivity index (χ1n) is 4.57. The first kappa shape index (κ1) is 15.6. The van der Waals surface area contributed by atoms with Crippen LogP contribution in [0.2, 0.25) is 0 Å². The van der Waals surface area contributed by atoms with E-state index in [0.29, 0.717) is 0 Å². The molecule has 100 valence electrons. The summed E-state index contributed by atoms with van der Waals surface area (Å²) in [6.45, 7) is 0. The Morgan fingerprint density at radius 2 is 1.89 bits per heavy atom. The number of halogens is 2. The summed E-state index contributed by atoms with van der Waals surface area (Å²) in [5.41, 5.74) is 0.0364. The molecule has 0 unspecified atom stereocenters. The van der Waals surface area contributed by atoms with Gasteiger partial charge in [0.1, 0.15) is 6.10 Å². The predicted molar refractivity (Wildman–Crippen MR) is 75.5 cm³/mol. The maximum absolute atomic E-state index is 11.4. The van der Waals surface area contributed by atoms with Crippen molar-refractivity contribution >= 4 is 49.7 Å². The summed E-state index contributed by atoms with van der Waals surface area (Å²) in [4.78, 5) is 9.87. The van der Waals surface area contributed by atoms with Crippen LogP contribution in [0.25, 0.3) is 0 Å². The Morgan fingerprint density at radius 1 is 1.44 bits per heavy atom. The number of nitrogens with zero attached hydrogens (tertiary/aromatic N) is 1. The van der Waals surface area contributed by atoms with E-state index in [4.69, 9.17) is 11.6 Å². The summed E-state index contributed by atoms with van der Waals surface area (Å²) in [6, 6.07) is 4.88. The van der Waals surface area contributed by atoms with Crippen molar-refractivity contribution in [3.05, 3.63) is 39.9 Å². The van der Waals surface area contributed by atoms with E-state index >= 15 is 0 Å². The van der Waals surface area contributed by atoms with Gasteiger partial charge in [-0.2, -0.15) is 0 Å². The normalized spacial score (nSPS) is 16.9. The van der Waals surface area contributed by atoms with Gasteiger partial charge in [-0.25, -0.2) is 8.42 Å². The van der Waals surface area contributed by atoms with Gasteiger partial charge in [0.2, 0.25) is 2.21 Å². The van der Waals surface area contributed by atoms with Gasteiger partial charge in [-0.1, -0.05) is 11.6 Å². The number of nitro benzene ring substituents is 1. The number of aliphatic hydroxyl groups is 1. The first-order valence-corrected chi connectivity index (χ1v) is 7.92. The Morgan fingerprint density at radius 3 is 2.22 bits per heavy atom. The number of benzene rings is 1. The molecule has 1 rings (SSSR count). The topological polar surface area (TPSA) is 97.5 Å². The zero-order chi connectivity index (χ0) is 14.1. The molecule has 1 aromatic carbocycles. The minimum Gasteiger partial charge on any atom is -0.385 e. The highest BCUT2D eigenvalue weighted by Gasteiger charge is 2.44. The summed E-state index contributed by atoms with van der Waals surface area (Å²) in [5.74, 6) is 0. The van der Waals surface area contributed by atoms with Crippen molar-refractivity contribution in [2.24, 2.45) is 0 Å². The number of hydrogen-bond donors (Lipinski definition) is 1. The third-order valence-corrected chi connectivity index (χ3v) is 7.48. The number of nitro groups is 1. The van der Waals surface area contributed by atoms with Crippen molar-refractivity contribution in [3.8, 4) is 0 Å². The van der Waals surface area contributed by atoms with Gasteiger partial charge in [0.25, 0.3) is 5.69 Å². The molecule has 1 aromatic rings. The van der Waals surface area contributed by atoms with Crippen LogP contribution in [0.5, 0.6) is 0 Å². The number of aliphatic hydroxyl groups excluding tert-OH is 1. The molecule has 18 heavy (non-hydrogen) atoms. The number of alkyl halides is 2. The average molecular weight is 406 g/mol. The molecule has 0 radical (unpaired) electrons. The molecule has 0 saturated heterocycles. The Kier molecular flexibility index (Phi) is 4.57. The van der Waals surface area contributed by atoms with Crippen LogP contribution in [0.1, 0.15) is 11.7 Å². The molecule has 1 N–H and O–H groups in total. The number of sulfone groups is 1. The standard InChI is InChI=1S/C9H9ClINO5S/c1-18(16,17)9(10,11)8(13)6-2-4-7(5-3-6)12(14)15/h2-5,8,13H,1H3/t8-,9-/m1/s1. The lowest BCUT2D eigenvalue weighted by molar-refractivity contribution is -0.384. The van der Waals surface area contributed by atoms with Crippen LogP contribution < -0.4 is 0 Å². The molecule has 0 heterocycles. The van der Waals surface area contributed by atoms with Gasteiger partial charge in [-0.05, 0) is 40.3 Å². The van der Waals surface area contributed by atoms with E-state index in [-0.39, 0.29) is 11.3 Å². The largest absolute Gasteiger partial charge is 0.385 e. The monoisotopic (exact) mass is 405 g/mol. The van der Waals surface area contributed by atoms with E-state index < -0.39 is 23.1 Å². The smallest absolute Gasteiger partial charge is 0.269 e. The quantitative estimate of drug-likeness (QED) is 0.358. The van der Waals surface area contributed by atoms with Gasteiger partial charge in [0.05, 0.1) is 4.92 Å². The summed E-state index contributed by atoms with van der Waals surface area (Å²) in [5, 5.41) is 20.4. The lowest BCUT2D eigenvalue weighted by Crippen LogP contribution is -2.31. The molecule has 6 nitrogen and oxygen atoms in total. The number of hydrogen-bond acceptors (Lipinski definition) is 5. The van der Waals surface area contributed by atoms with Crippen molar-refractivity contribution in [2.75, 3.05) is 6.26 Å². The van der Waals surface area contributed by atoms with Gasteiger partial charge in [-0.3, -0.25) is 10.1 Å². The Hall–Kier alpha value is -0.450. The maximum atomic E-state index is 11.4. The van der Waals surface area contributed by atoms with Crippen LogP contribution in [0.15, 0.2) is 24.3 Å². The maximum Gasteiger partial charge on any atom is 0.269 e. The van der Waals surface area contributed by atoms with Crippen molar-refractivity contribution < 1.29 is 18.4 Å². The molecule has 0 spiro atoms. The fourth-order valence-electron chi connectivity index (χ4n) is 1.18. The molecule has 0 aliphatic heterocycles. The summed E-state index contributed by atoms with van der Waals surface area (Å²) in [7, 11) is -3.71. The van der Waals surface area contributed by atoms with E-state index in [9.17, 15) is 23.6 Å². The van der Waals surface area contributed by atoms with Gasteiger partial charge < -0.3 is 5.11 Å². The van der Waals surface area contributed by atoms with E-state index in [1.165, 1.54) is 46.9 Å². The SMILES string of the molecule is CS(=O)(=O)[C@](Cl)(I)[C@H](O)c1ccc([N+](=O)[O-])cc1. The van der Waals surface area contributed by atoms with E-state index in [1.54, 1.807) is 0 Å². The minimum absolute atomic E-state index is 0.154. The van der Waals surface area contributed by atoms with E-state index in [1.807, 2.05) is 0 Å². The van der Waals surface area contributed by atoms with Crippen molar-refractivity contribution in [2.45, 2.75) is 8.32 Å². The summed E-state index contributed by atoms with van der Waals surface area (Å²) in [6.07, 6.45) is -0.586. The second kappa shape index (κ2) is 5.27. The highest BCUT2D eigenvalue weighted by Crippen LogP contribution is 2.42. The molecule has 0 aromatic heterocycles. The van der Waals surface area contributed by atoms with E-state index in [0.717, 1.165) is 6.26 Å². The Bertz CT molecular complexity index is 557. The zero-order valence-corrected chi connectivity index (χ0v) is 12.8. The molecular weight excluding hydrogens is 397 g/mol. The summed E-state index contributed by atoms with van der Waals surface area (Å²) < 4.78 is 21.0. The molecule has 9 heteroatoms. The fourth-order valence-corrected chi connectivity index (χ4v) is 2.20. The Balaban J connectivity index is 3.12. The second-order valence-corrected chi connectivity index (χ2v) is 9.66. The number of rotatable bonds is 4. The number of non-ortho nitro benzene ring substituents is 1. The molecule has 0 saturated carbocycles. The van der Waals surface area contributed by atoms with Gasteiger partial charge >= 0.3 is 0 Å². The third kappa shape index (κ3) is 3.11. The molecule has 2 atom stereocenters. The second-order valence-electron chi connectivity index (χ2n) is 3.59. The fraction of sp³-hybridized carbons (Fsp3) is 0.333. The van der Waals surface area contributed by atoms with Crippen molar-refractivity contribution in [1.82, 2.24) is 0 Å². The highest BCUT2D eigenvalue weighted by molar-refractivity contribution is 14.1. The lowest BCUT2D eigenvalue weighted by atomic mass is 10.1. The predicted octanol–water partition coefficient (Wildman–Crippen LogP) is 2.00. The highest BCUT2D eigenvalue weighted by atomic mass is 127. The molecule has 0 amide bonds. The molecule has 0 aliphatic carbocycles. The van der Waals surface area contributed by atoms with Crippen molar-refractivity contribution in [1.29, 1.82) is 0 Å². The zero-order valence-electron chi connectivity index (χ0n) is 9.08. The van der Waals surface area contributed by atoms with E-state index in [2.05, 4.69) is 0 Å². The average Bonchev–Trinajstić information content (AvgIpc) is 2.26. The summed E-state index contributed by atoms with van der Waals surface area (Å²) >= 11 is 7.24. The molecule has 0 fully saturated rings. The Labute approximate surface area is 122 Å². The van der Waals surface area contributed by atoms with Crippen LogP contribution in [-0.2, 0) is 9.84 Å². The molecule has 0 aliphatic rings. The minimum atomic E-state index is -3.71. The third-order valence-electron chi connectivity index (χ3n) is 2.23. The van der Waals surface area contributed by atoms with Crippen LogP contribution in [0, 0.1) is 10.1 Å². The van der Waals surface area contributed by atoms with Crippen LogP contribution in [0.3, 0.4) is 0 Å². The van der Waals surface area contributed by atoms with Crippen LogP contribution >= 0.6 is 34.2 Å².